The van der Waals surface area contributed by atoms with Crippen molar-refractivity contribution in [2.24, 2.45) is 5.92 Å². The Labute approximate surface area is 186 Å². The molecule has 0 unspecified atom stereocenters. The summed E-state index contributed by atoms with van der Waals surface area (Å²) in [4.78, 5) is 24.9. The van der Waals surface area contributed by atoms with Gasteiger partial charge in [-0.2, -0.15) is 0 Å². The lowest BCUT2D eigenvalue weighted by atomic mass is 9.92. The molecule has 0 fully saturated rings. The van der Waals surface area contributed by atoms with Crippen molar-refractivity contribution < 1.29 is 19.1 Å². The van der Waals surface area contributed by atoms with Crippen molar-refractivity contribution in [3.63, 3.8) is 0 Å². The molecule has 31 heavy (non-hydrogen) atoms. The maximum Gasteiger partial charge on any atom is 0.347 e. The second kappa shape index (κ2) is 11.0. The van der Waals surface area contributed by atoms with Gasteiger partial charge >= 0.3 is 5.97 Å². The summed E-state index contributed by atoms with van der Waals surface area (Å²) in [6, 6.07) is 12.9. The molecule has 0 saturated carbocycles. The Morgan fingerprint density at radius 2 is 1.39 bits per heavy atom. The Morgan fingerprint density at radius 1 is 0.839 bits per heavy atom. The number of hydrogen-bond acceptors (Lipinski definition) is 4. The largest absolute Gasteiger partial charge is 0.479 e. The van der Waals surface area contributed by atoms with E-state index in [1.165, 1.54) is 0 Å². The van der Waals surface area contributed by atoms with Crippen LogP contribution in [0.3, 0.4) is 0 Å². The molecule has 168 valence electrons. The highest BCUT2D eigenvalue weighted by molar-refractivity contribution is 6.05. The predicted molar refractivity (Wildman–Crippen MR) is 125 cm³/mol. The molecule has 0 radical (unpaired) electrons. The minimum Gasteiger partial charge on any atom is -0.479 e. The van der Waals surface area contributed by atoms with E-state index in [2.05, 4.69) is 45.1 Å². The van der Waals surface area contributed by atoms with Gasteiger partial charge in [-0.05, 0) is 60.1 Å². The van der Waals surface area contributed by atoms with E-state index in [1.54, 1.807) is 31.2 Å². The first-order chi connectivity index (χ1) is 14.6. The Kier molecular flexibility index (Phi) is 8.66. The zero-order chi connectivity index (χ0) is 23.1. The highest BCUT2D eigenvalue weighted by atomic mass is 16.6. The summed E-state index contributed by atoms with van der Waals surface area (Å²) in [5.41, 5.74) is 3.65. The van der Waals surface area contributed by atoms with E-state index in [9.17, 15) is 9.59 Å². The van der Waals surface area contributed by atoms with E-state index >= 15 is 0 Å². The summed E-state index contributed by atoms with van der Waals surface area (Å²) < 4.78 is 10.9. The van der Waals surface area contributed by atoms with Gasteiger partial charge in [0, 0.05) is 11.3 Å². The fourth-order valence-corrected chi connectivity index (χ4v) is 3.18. The molecular formula is C26H35NO4. The third-order valence-electron chi connectivity index (χ3n) is 4.93. The van der Waals surface area contributed by atoms with Crippen LogP contribution in [0.4, 0.5) is 5.69 Å². The van der Waals surface area contributed by atoms with Crippen molar-refractivity contribution in [1.82, 2.24) is 0 Å². The second-order valence-corrected chi connectivity index (χ2v) is 8.88. The molecular weight excluding hydrogens is 390 g/mol. The van der Waals surface area contributed by atoms with Crippen LogP contribution in [-0.4, -0.2) is 24.6 Å². The van der Waals surface area contributed by atoms with Gasteiger partial charge in [0.2, 0.25) is 0 Å². The Bertz CT molecular complexity index is 859. The van der Waals surface area contributed by atoms with Crippen molar-refractivity contribution >= 4 is 17.6 Å². The number of carbonyl (C=O) groups excluding carboxylic acids is 2. The lowest BCUT2D eigenvalue weighted by Gasteiger charge is -2.20. The molecule has 0 aliphatic carbocycles. The molecule has 1 atom stereocenters. The van der Waals surface area contributed by atoms with Crippen molar-refractivity contribution in [3.05, 3.63) is 59.2 Å². The monoisotopic (exact) mass is 425 g/mol. The molecule has 1 N–H and O–H groups in total. The van der Waals surface area contributed by atoms with Crippen LogP contribution in [0.15, 0.2) is 42.5 Å². The second-order valence-electron chi connectivity index (χ2n) is 8.88. The average Bonchev–Trinajstić information content (AvgIpc) is 2.72. The number of anilines is 1. The van der Waals surface area contributed by atoms with Gasteiger partial charge in [-0.3, -0.25) is 4.79 Å². The van der Waals surface area contributed by atoms with E-state index < -0.39 is 12.1 Å². The molecule has 2 aromatic carbocycles. The van der Waals surface area contributed by atoms with Crippen molar-refractivity contribution in [1.29, 1.82) is 0 Å². The van der Waals surface area contributed by atoms with Crippen LogP contribution in [-0.2, 0) is 9.53 Å². The molecule has 0 spiro atoms. The molecule has 0 heterocycles. The van der Waals surface area contributed by atoms with Crippen LogP contribution in [0.1, 0.15) is 81.8 Å². The van der Waals surface area contributed by atoms with Crippen LogP contribution in [0.5, 0.6) is 5.75 Å². The molecule has 0 bridgehead atoms. The van der Waals surface area contributed by atoms with Gasteiger partial charge in [0.15, 0.2) is 6.10 Å². The number of hydrogen-bond donors (Lipinski definition) is 1. The fraction of sp³-hybridized carbons (Fsp3) is 0.462. The van der Waals surface area contributed by atoms with Crippen molar-refractivity contribution in [2.45, 2.75) is 66.4 Å². The van der Waals surface area contributed by atoms with Crippen molar-refractivity contribution in [2.75, 3.05) is 11.9 Å². The number of benzene rings is 2. The molecule has 2 aromatic rings. The predicted octanol–water partition coefficient (Wildman–Crippen LogP) is 6.15. The van der Waals surface area contributed by atoms with Crippen LogP contribution in [0, 0.1) is 5.92 Å². The number of ether oxygens (including phenoxy) is 2. The summed E-state index contributed by atoms with van der Waals surface area (Å²) in [6.45, 7) is 14.5. The zero-order valence-electron chi connectivity index (χ0n) is 19.7. The molecule has 5 nitrogen and oxygen atoms in total. The SMILES string of the molecule is CC(C)COC(=O)[C@H](C)Oc1ccc(C(=O)Nc2c(C(C)C)cccc2C(C)C)cc1. The molecule has 0 saturated heterocycles. The zero-order valence-corrected chi connectivity index (χ0v) is 19.7. The molecule has 1 amide bonds. The van der Waals surface area contributed by atoms with Crippen LogP contribution in [0.2, 0.25) is 0 Å². The highest BCUT2D eigenvalue weighted by Crippen LogP contribution is 2.32. The molecule has 0 aliphatic rings. The minimum absolute atomic E-state index is 0.175. The highest BCUT2D eigenvalue weighted by Gasteiger charge is 2.19. The van der Waals surface area contributed by atoms with E-state index in [4.69, 9.17) is 9.47 Å². The first-order valence-corrected chi connectivity index (χ1v) is 11.0. The quantitative estimate of drug-likeness (QED) is 0.489. The number of amides is 1. The number of esters is 1. The molecule has 0 aromatic heterocycles. The number of rotatable bonds is 9. The summed E-state index contributed by atoms with van der Waals surface area (Å²) in [7, 11) is 0. The van der Waals surface area contributed by atoms with Gasteiger partial charge in [-0.1, -0.05) is 59.7 Å². The van der Waals surface area contributed by atoms with Gasteiger partial charge in [-0.15, -0.1) is 0 Å². The van der Waals surface area contributed by atoms with Gasteiger partial charge in [0.05, 0.1) is 6.61 Å². The van der Waals surface area contributed by atoms with Crippen molar-refractivity contribution in [3.8, 4) is 5.75 Å². The molecule has 2 rings (SSSR count). The Hall–Kier alpha value is -2.82. The first kappa shape index (κ1) is 24.4. The van der Waals surface area contributed by atoms with E-state index in [-0.39, 0.29) is 11.8 Å². The number of carbonyl (C=O) groups is 2. The summed E-state index contributed by atoms with van der Waals surface area (Å²) in [5.74, 6) is 0.790. The topological polar surface area (TPSA) is 64.6 Å². The first-order valence-electron chi connectivity index (χ1n) is 11.0. The molecule has 0 aliphatic heterocycles. The normalized spacial score (nSPS) is 12.2. The number of nitrogens with one attached hydrogen (secondary N) is 1. The standard InChI is InChI=1S/C26H35NO4/c1-16(2)15-30-26(29)19(7)31-21-13-11-20(12-14-21)25(28)27-24-22(17(3)4)9-8-10-23(24)18(5)6/h8-14,16-19H,15H2,1-7H3,(H,27,28)/t19-/m0/s1. The van der Waals surface area contributed by atoms with Crippen LogP contribution in [0.25, 0.3) is 0 Å². The minimum atomic E-state index is -0.718. The van der Waals surface area contributed by atoms with E-state index in [0.29, 0.717) is 29.8 Å². The summed E-state index contributed by atoms with van der Waals surface area (Å²) >= 11 is 0. The smallest absolute Gasteiger partial charge is 0.347 e. The van der Waals surface area contributed by atoms with E-state index in [0.717, 1.165) is 16.8 Å². The maximum absolute atomic E-state index is 12.9. The lowest BCUT2D eigenvalue weighted by molar-refractivity contribution is -0.152. The van der Waals surface area contributed by atoms with Gasteiger partial charge in [0.25, 0.3) is 5.91 Å². The van der Waals surface area contributed by atoms with Gasteiger partial charge in [-0.25, -0.2) is 4.79 Å². The average molecular weight is 426 g/mol. The lowest BCUT2D eigenvalue weighted by Crippen LogP contribution is -2.27. The summed E-state index contributed by atoms with van der Waals surface area (Å²) in [5, 5.41) is 3.11. The fourth-order valence-electron chi connectivity index (χ4n) is 3.18. The van der Waals surface area contributed by atoms with Crippen LogP contribution >= 0.6 is 0 Å². The maximum atomic E-state index is 12.9. The van der Waals surface area contributed by atoms with Crippen LogP contribution < -0.4 is 10.1 Å². The summed E-state index contributed by atoms with van der Waals surface area (Å²) in [6.07, 6.45) is -0.718. The van der Waals surface area contributed by atoms with E-state index in [1.807, 2.05) is 19.9 Å². The number of para-hydroxylation sites is 1. The third-order valence-corrected chi connectivity index (χ3v) is 4.93. The third kappa shape index (κ3) is 6.84. The molecule has 5 heteroatoms. The Balaban J connectivity index is 2.11. The van der Waals surface area contributed by atoms with Gasteiger partial charge < -0.3 is 14.8 Å². The van der Waals surface area contributed by atoms with Gasteiger partial charge in [0.1, 0.15) is 5.75 Å². The Morgan fingerprint density at radius 3 is 1.87 bits per heavy atom.